The van der Waals surface area contributed by atoms with E-state index in [9.17, 15) is 14.4 Å². The van der Waals surface area contributed by atoms with Gasteiger partial charge in [0.15, 0.2) is 0 Å². The minimum Gasteiger partial charge on any atom is -0.480 e. The van der Waals surface area contributed by atoms with Crippen molar-refractivity contribution in [3.8, 4) is 0 Å². The van der Waals surface area contributed by atoms with Crippen molar-refractivity contribution in [3.63, 3.8) is 0 Å². The SMILES string of the molecule is CCN1CC(C(=O)N(CC(=O)O)Cc2ccc(Cl)cc2)CC1=O. The summed E-state index contributed by atoms with van der Waals surface area (Å²) in [5.74, 6) is -1.92. The molecule has 2 amide bonds. The molecular weight excluding hydrogens is 320 g/mol. The van der Waals surface area contributed by atoms with E-state index in [1.54, 1.807) is 29.2 Å². The van der Waals surface area contributed by atoms with Crippen molar-refractivity contribution in [2.24, 2.45) is 5.92 Å². The van der Waals surface area contributed by atoms with Gasteiger partial charge in [0.1, 0.15) is 6.54 Å². The van der Waals surface area contributed by atoms with Crippen LogP contribution in [0.15, 0.2) is 24.3 Å². The smallest absolute Gasteiger partial charge is 0.323 e. The van der Waals surface area contributed by atoms with Crippen LogP contribution in [-0.4, -0.2) is 52.3 Å². The van der Waals surface area contributed by atoms with Crippen molar-refractivity contribution in [1.82, 2.24) is 9.80 Å². The second kappa shape index (κ2) is 7.46. The molecule has 0 aromatic heterocycles. The highest BCUT2D eigenvalue weighted by atomic mass is 35.5. The van der Waals surface area contributed by atoms with Gasteiger partial charge in [0.05, 0.1) is 5.92 Å². The van der Waals surface area contributed by atoms with E-state index in [4.69, 9.17) is 16.7 Å². The Hall–Kier alpha value is -2.08. The van der Waals surface area contributed by atoms with Gasteiger partial charge in [-0.15, -0.1) is 0 Å². The number of carbonyl (C=O) groups is 3. The summed E-state index contributed by atoms with van der Waals surface area (Å²) in [6.07, 6.45) is 0.142. The standard InChI is InChI=1S/C16H19ClN2O4/c1-2-18-9-12(7-14(18)20)16(23)19(10-15(21)22)8-11-3-5-13(17)6-4-11/h3-6,12H,2,7-10H2,1H3,(H,21,22). The highest BCUT2D eigenvalue weighted by molar-refractivity contribution is 6.30. The monoisotopic (exact) mass is 338 g/mol. The summed E-state index contributed by atoms with van der Waals surface area (Å²) in [6.45, 7) is 2.55. The Balaban J connectivity index is 2.11. The summed E-state index contributed by atoms with van der Waals surface area (Å²) in [5.41, 5.74) is 0.792. The molecule has 1 unspecified atom stereocenters. The van der Waals surface area contributed by atoms with Crippen molar-refractivity contribution in [2.75, 3.05) is 19.6 Å². The largest absolute Gasteiger partial charge is 0.480 e. The van der Waals surface area contributed by atoms with Crippen LogP contribution in [0.2, 0.25) is 5.02 Å². The van der Waals surface area contributed by atoms with Gasteiger partial charge in [0.2, 0.25) is 11.8 Å². The first kappa shape index (κ1) is 17.3. The Morgan fingerprint density at radius 1 is 1.35 bits per heavy atom. The van der Waals surface area contributed by atoms with E-state index in [0.29, 0.717) is 18.1 Å². The van der Waals surface area contributed by atoms with Crippen LogP contribution in [0, 0.1) is 5.92 Å². The molecule has 1 atom stereocenters. The average Bonchev–Trinajstić information content (AvgIpc) is 2.88. The van der Waals surface area contributed by atoms with Crippen molar-refractivity contribution in [1.29, 1.82) is 0 Å². The number of rotatable bonds is 6. The fraction of sp³-hybridized carbons (Fsp3) is 0.438. The molecule has 0 aliphatic carbocycles. The Kier molecular flexibility index (Phi) is 5.60. The highest BCUT2D eigenvalue weighted by Gasteiger charge is 2.36. The maximum absolute atomic E-state index is 12.6. The lowest BCUT2D eigenvalue weighted by Crippen LogP contribution is -2.40. The zero-order chi connectivity index (χ0) is 17.0. The molecule has 1 aliphatic heterocycles. The molecule has 0 radical (unpaired) electrons. The van der Waals surface area contributed by atoms with Crippen LogP contribution in [0.4, 0.5) is 0 Å². The predicted octanol–water partition coefficient (Wildman–Crippen LogP) is 1.62. The molecule has 0 spiro atoms. The number of carboxylic acid groups (broad SMARTS) is 1. The lowest BCUT2D eigenvalue weighted by atomic mass is 10.1. The van der Waals surface area contributed by atoms with Gasteiger partial charge < -0.3 is 14.9 Å². The number of amides is 2. The molecule has 1 aromatic rings. The third-order valence-electron chi connectivity index (χ3n) is 3.87. The number of hydrogen-bond donors (Lipinski definition) is 1. The van der Waals surface area contributed by atoms with Crippen LogP contribution in [0.1, 0.15) is 18.9 Å². The normalized spacial score (nSPS) is 17.4. The number of nitrogens with zero attached hydrogens (tertiary/aromatic N) is 2. The van der Waals surface area contributed by atoms with E-state index in [1.807, 2.05) is 6.92 Å². The molecule has 23 heavy (non-hydrogen) atoms. The lowest BCUT2D eigenvalue weighted by molar-refractivity contribution is -0.146. The highest BCUT2D eigenvalue weighted by Crippen LogP contribution is 2.21. The fourth-order valence-electron chi connectivity index (χ4n) is 2.69. The molecule has 1 heterocycles. The molecule has 1 aliphatic rings. The fourth-order valence-corrected chi connectivity index (χ4v) is 2.81. The molecule has 1 aromatic carbocycles. The first-order chi connectivity index (χ1) is 10.9. The number of hydrogen-bond acceptors (Lipinski definition) is 3. The summed E-state index contributed by atoms with van der Waals surface area (Å²) in [4.78, 5) is 38.4. The van der Waals surface area contributed by atoms with Crippen molar-refractivity contribution in [3.05, 3.63) is 34.9 Å². The average molecular weight is 339 g/mol. The number of aliphatic carboxylic acids is 1. The number of carbonyl (C=O) groups excluding carboxylic acids is 2. The Bertz CT molecular complexity index is 603. The van der Waals surface area contributed by atoms with E-state index in [0.717, 1.165) is 5.56 Å². The van der Waals surface area contributed by atoms with E-state index in [1.165, 1.54) is 4.90 Å². The second-order valence-electron chi connectivity index (χ2n) is 5.55. The van der Waals surface area contributed by atoms with E-state index in [2.05, 4.69) is 0 Å². The molecule has 0 saturated carbocycles. The van der Waals surface area contributed by atoms with Crippen LogP contribution >= 0.6 is 11.6 Å². The zero-order valence-corrected chi connectivity index (χ0v) is 13.6. The molecule has 124 valence electrons. The summed E-state index contributed by atoms with van der Waals surface area (Å²) < 4.78 is 0. The van der Waals surface area contributed by atoms with Crippen molar-refractivity contribution >= 4 is 29.4 Å². The molecule has 0 bridgehead atoms. The van der Waals surface area contributed by atoms with Gasteiger partial charge in [-0.2, -0.15) is 0 Å². The Morgan fingerprint density at radius 2 is 2.00 bits per heavy atom. The number of likely N-dealkylation sites (tertiary alicyclic amines) is 1. The number of halogens is 1. The van der Waals surface area contributed by atoms with Gasteiger partial charge >= 0.3 is 5.97 Å². The van der Waals surface area contributed by atoms with Crippen LogP contribution in [0.25, 0.3) is 0 Å². The van der Waals surface area contributed by atoms with E-state index >= 15 is 0 Å². The molecule has 1 N–H and O–H groups in total. The van der Waals surface area contributed by atoms with Crippen molar-refractivity contribution in [2.45, 2.75) is 19.9 Å². The van der Waals surface area contributed by atoms with E-state index in [-0.39, 0.29) is 24.8 Å². The van der Waals surface area contributed by atoms with Gasteiger partial charge in [0, 0.05) is 31.1 Å². The topological polar surface area (TPSA) is 77.9 Å². The van der Waals surface area contributed by atoms with E-state index < -0.39 is 18.4 Å². The van der Waals surface area contributed by atoms with Crippen LogP contribution in [0.3, 0.4) is 0 Å². The minimum absolute atomic E-state index is 0.0624. The summed E-state index contributed by atoms with van der Waals surface area (Å²) in [5, 5.41) is 9.63. The van der Waals surface area contributed by atoms with Crippen LogP contribution < -0.4 is 0 Å². The number of carboxylic acids is 1. The molecule has 1 fully saturated rings. The first-order valence-corrected chi connectivity index (χ1v) is 7.81. The summed E-state index contributed by atoms with van der Waals surface area (Å²) in [6, 6.07) is 6.89. The Morgan fingerprint density at radius 3 is 2.52 bits per heavy atom. The van der Waals surface area contributed by atoms with Gasteiger partial charge in [0.25, 0.3) is 0 Å². The molecule has 1 saturated heterocycles. The first-order valence-electron chi connectivity index (χ1n) is 7.43. The predicted molar refractivity (Wildman–Crippen MR) is 84.9 cm³/mol. The molecular formula is C16H19ClN2O4. The second-order valence-corrected chi connectivity index (χ2v) is 5.98. The molecule has 2 rings (SSSR count). The zero-order valence-electron chi connectivity index (χ0n) is 12.9. The maximum atomic E-state index is 12.6. The minimum atomic E-state index is -1.08. The summed E-state index contributed by atoms with van der Waals surface area (Å²) >= 11 is 5.83. The molecule has 6 nitrogen and oxygen atoms in total. The molecule has 7 heteroatoms. The quantitative estimate of drug-likeness (QED) is 0.855. The van der Waals surface area contributed by atoms with Crippen molar-refractivity contribution < 1.29 is 19.5 Å². The third kappa shape index (κ3) is 4.45. The van der Waals surface area contributed by atoms with Crippen LogP contribution in [-0.2, 0) is 20.9 Å². The van der Waals surface area contributed by atoms with Gasteiger partial charge in [-0.25, -0.2) is 0 Å². The van der Waals surface area contributed by atoms with Gasteiger partial charge in [-0.05, 0) is 24.6 Å². The van der Waals surface area contributed by atoms with Crippen LogP contribution in [0.5, 0.6) is 0 Å². The summed E-state index contributed by atoms with van der Waals surface area (Å²) in [7, 11) is 0. The Labute approximate surface area is 139 Å². The maximum Gasteiger partial charge on any atom is 0.323 e. The third-order valence-corrected chi connectivity index (χ3v) is 4.12. The van der Waals surface area contributed by atoms with Gasteiger partial charge in [-0.3, -0.25) is 14.4 Å². The lowest BCUT2D eigenvalue weighted by Gasteiger charge is -2.24. The number of benzene rings is 1. The van der Waals surface area contributed by atoms with Gasteiger partial charge in [-0.1, -0.05) is 23.7 Å².